The topological polar surface area (TPSA) is 32.3 Å². The molecule has 0 fully saturated rings. The van der Waals surface area contributed by atoms with E-state index < -0.39 is 0 Å². The predicted molar refractivity (Wildman–Crippen MR) is 87.9 cm³/mol. The van der Waals surface area contributed by atoms with Crippen molar-refractivity contribution >= 4 is 5.69 Å². The van der Waals surface area contributed by atoms with Gasteiger partial charge in [-0.1, -0.05) is 32.0 Å². The molecule has 2 aromatic carbocycles. The maximum absolute atomic E-state index is 9.74. The van der Waals surface area contributed by atoms with Gasteiger partial charge in [0.2, 0.25) is 0 Å². The standard InChI is InChI=1S/C19H23NO/c1-13(2)14-6-9-16(10-7-14)20-19-5-3-4-15-8-11-17(21)12-18(15)19/h6-13,19-21H,3-5H2,1-2H3. The summed E-state index contributed by atoms with van der Waals surface area (Å²) in [7, 11) is 0. The Hall–Kier alpha value is -1.96. The zero-order chi connectivity index (χ0) is 14.8. The van der Waals surface area contributed by atoms with Gasteiger partial charge in [-0.3, -0.25) is 0 Å². The molecule has 0 spiro atoms. The minimum absolute atomic E-state index is 0.297. The van der Waals surface area contributed by atoms with Crippen molar-refractivity contribution in [2.45, 2.75) is 45.1 Å². The van der Waals surface area contributed by atoms with Crippen molar-refractivity contribution in [2.75, 3.05) is 5.32 Å². The summed E-state index contributed by atoms with van der Waals surface area (Å²) in [6.45, 7) is 4.42. The van der Waals surface area contributed by atoms with E-state index in [4.69, 9.17) is 0 Å². The Bertz CT molecular complexity index is 616. The molecule has 0 saturated carbocycles. The molecular weight excluding hydrogens is 258 g/mol. The molecule has 0 aromatic heterocycles. The molecule has 1 atom stereocenters. The highest BCUT2D eigenvalue weighted by Crippen LogP contribution is 2.34. The lowest BCUT2D eigenvalue weighted by molar-refractivity contribution is 0.471. The molecule has 2 nitrogen and oxygen atoms in total. The number of phenols is 1. The fourth-order valence-corrected chi connectivity index (χ4v) is 3.10. The van der Waals surface area contributed by atoms with Gasteiger partial charge >= 0.3 is 0 Å². The fourth-order valence-electron chi connectivity index (χ4n) is 3.10. The molecule has 21 heavy (non-hydrogen) atoms. The van der Waals surface area contributed by atoms with Crippen LogP contribution in [0.2, 0.25) is 0 Å². The number of aromatic hydroxyl groups is 1. The molecule has 2 aromatic rings. The molecule has 0 amide bonds. The average Bonchev–Trinajstić information content (AvgIpc) is 2.48. The monoisotopic (exact) mass is 281 g/mol. The highest BCUT2D eigenvalue weighted by atomic mass is 16.3. The lowest BCUT2D eigenvalue weighted by Crippen LogP contribution is -2.17. The zero-order valence-corrected chi connectivity index (χ0v) is 12.8. The summed E-state index contributed by atoms with van der Waals surface area (Å²) in [5, 5.41) is 13.4. The van der Waals surface area contributed by atoms with Gasteiger partial charge in [0.15, 0.2) is 0 Å². The molecule has 2 N–H and O–H groups in total. The zero-order valence-electron chi connectivity index (χ0n) is 12.8. The fraction of sp³-hybridized carbons (Fsp3) is 0.368. The van der Waals surface area contributed by atoms with E-state index in [0.29, 0.717) is 17.7 Å². The third kappa shape index (κ3) is 3.05. The second-order valence-corrected chi connectivity index (χ2v) is 6.25. The second-order valence-electron chi connectivity index (χ2n) is 6.25. The van der Waals surface area contributed by atoms with Gasteiger partial charge in [-0.05, 0) is 66.1 Å². The number of anilines is 1. The largest absolute Gasteiger partial charge is 0.508 e. The molecule has 0 radical (unpaired) electrons. The SMILES string of the molecule is CC(C)c1ccc(NC2CCCc3ccc(O)cc32)cc1. The van der Waals surface area contributed by atoms with Crippen LogP contribution in [-0.4, -0.2) is 5.11 Å². The van der Waals surface area contributed by atoms with Crippen molar-refractivity contribution in [3.05, 3.63) is 59.2 Å². The predicted octanol–water partition coefficient (Wildman–Crippen LogP) is 5.01. The summed E-state index contributed by atoms with van der Waals surface area (Å²) in [4.78, 5) is 0. The maximum atomic E-state index is 9.74. The molecular formula is C19H23NO. The van der Waals surface area contributed by atoms with Crippen LogP contribution in [0.4, 0.5) is 5.69 Å². The van der Waals surface area contributed by atoms with Crippen molar-refractivity contribution in [3.63, 3.8) is 0 Å². The van der Waals surface area contributed by atoms with Crippen molar-refractivity contribution < 1.29 is 5.11 Å². The van der Waals surface area contributed by atoms with Gasteiger partial charge < -0.3 is 10.4 Å². The van der Waals surface area contributed by atoms with E-state index in [1.807, 2.05) is 6.07 Å². The Kier molecular flexibility index (Phi) is 3.87. The van der Waals surface area contributed by atoms with E-state index in [-0.39, 0.29) is 0 Å². The molecule has 1 aliphatic rings. The average molecular weight is 281 g/mol. The highest BCUT2D eigenvalue weighted by molar-refractivity contribution is 5.49. The van der Waals surface area contributed by atoms with Crippen molar-refractivity contribution in [3.8, 4) is 5.75 Å². The van der Waals surface area contributed by atoms with Gasteiger partial charge in [0.05, 0.1) is 6.04 Å². The Labute approximate surface area is 126 Å². The number of hydrogen-bond donors (Lipinski definition) is 2. The van der Waals surface area contributed by atoms with E-state index in [1.54, 1.807) is 6.07 Å². The summed E-state index contributed by atoms with van der Waals surface area (Å²) in [5.74, 6) is 0.920. The van der Waals surface area contributed by atoms with Gasteiger partial charge in [-0.25, -0.2) is 0 Å². The van der Waals surface area contributed by atoms with Gasteiger partial charge in [0.25, 0.3) is 0 Å². The van der Waals surface area contributed by atoms with E-state index in [0.717, 1.165) is 18.5 Å². The second kappa shape index (κ2) is 5.80. The molecule has 1 unspecified atom stereocenters. The minimum Gasteiger partial charge on any atom is -0.508 e. The lowest BCUT2D eigenvalue weighted by Gasteiger charge is -2.27. The first kappa shape index (κ1) is 14.0. The summed E-state index contributed by atoms with van der Waals surface area (Å²) < 4.78 is 0. The number of phenolic OH excluding ortho intramolecular Hbond substituents is 1. The van der Waals surface area contributed by atoms with Crippen LogP contribution in [0.5, 0.6) is 5.75 Å². The maximum Gasteiger partial charge on any atom is 0.115 e. The summed E-state index contributed by atoms with van der Waals surface area (Å²) >= 11 is 0. The number of fused-ring (bicyclic) bond motifs is 1. The van der Waals surface area contributed by atoms with Gasteiger partial charge in [0.1, 0.15) is 5.75 Å². The third-order valence-electron chi connectivity index (χ3n) is 4.36. The van der Waals surface area contributed by atoms with Crippen LogP contribution in [0.1, 0.15) is 55.3 Å². The molecule has 0 saturated heterocycles. The molecule has 2 heteroatoms. The van der Waals surface area contributed by atoms with Crippen LogP contribution in [0.3, 0.4) is 0 Å². The summed E-state index contributed by atoms with van der Waals surface area (Å²) in [6.07, 6.45) is 3.42. The first-order valence-electron chi connectivity index (χ1n) is 7.82. The number of rotatable bonds is 3. The van der Waals surface area contributed by atoms with Crippen LogP contribution < -0.4 is 5.32 Å². The van der Waals surface area contributed by atoms with E-state index in [1.165, 1.54) is 23.1 Å². The van der Waals surface area contributed by atoms with Crippen molar-refractivity contribution in [1.82, 2.24) is 0 Å². The minimum atomic E-state index is 0.297. The van der Waals surface area contributed by atoms with Crippen LogP contribution in [-0.2, 0) is 6.42 Å². The Morgan fingerprint density at radius 1 is 1.10 bits per heavy atom. The Morgan fingerprint density at radius 3 is 2.57 bits per heavy atom. The Balaban J connectivity index is 1.81. The first-order chi connectivity index (χ1) is 10.1. The van der Waals surface area contributed by atoms with Crippen molar-refractivity contribution in [2.24, 2.45) is 0 Å². The van der Waals surface area contributed by atoms with E-state index in [2.05, 4.69) is 49.5 Å². The first-order valence-corrected chi connectivity index (χ1v) is 7.82. The number of hydrogen-bond acceptors (Lipinski definition) is 2. The van der Waals surface area contributed by atoms with Gasteiger partial charge in [-0.2, -0.15) is 0 Å². The molecule has 110 valence electrons. The summed E-state index contributed by atoms with van der Waals surface area (Å²) in [6, 6.07) is 14.8. The van der Waals surface area contributed by atoms with Crippen LogP contribution in [0.25, 0.3) is 0 Å². The molecule has 3 rings (SSSR count). The van der Waals surface area contributed by atoms with Crippen LogP contribution >= 0.6 is 0 Å². The molecule has 0 heterocycles. The summed E-state index contributed by atoms with van der Waals surface area (Å²) in [5.41, 5.74) is 5.12. The molecule has 0 bridgehead atoms. The van der Waals surface area contributed by atoms with Crippen molar-refractivity contribution in [1.29, 1.82) is 0 Å². The third-order valence-corrected chi connectivity index (χ3v) is 4.36. The molecule has 0 aliphatic heterocycles. The van der Waals surface area contributed by atoms with E-state index >= 15 is 0 Å². The highest BCUT2D eigenvalue weighted by Gasteiger charge is 2.20. The smallest absolute Gasteiger partial charge is 0.115 e. The number of aryl methyl sites for hydroxylation is 1. The Morgan fingerprint density at radius 2 is 1.86 bits per heavy atom. The number of nitrogens with one attached hydrogen (secondary N) is 1. The van der Waals surface area contributed by atoms with E-state index in [9.17, 15) is 5.11 Å². The van der Waals surface area contributed by atoms with Gasteiger partial charge in [0, 0.05) is 5.69 Å². The van der Waals surface area contributed by atoms with Gasteiger partial charge in [-0.15, -0.1) is 0 Å². The quantitative estimate of drug-likeness (QED) is 0.829. The van der Waals surface area contributed by atoms with Crippen LogP contribution in [0, 0.1) is 0 Å². The normalized spacial score (nSPS) is 17.6. The molecule has 1 aliphatic carbocycles. The lowest BCUT2D eigenvalue weighted by atomic mass is 9.87. The van der Waals surface area contributed by atoms with Crippen LogP contribution in [0.15, 0.2) is 42.5 Å². The number of benzene rings is 2.